The van der Waals surface area contributed by atoms with Gasteiger partial charge in [0, 0.05) is 5.56 Å². The Morgan fingerprint density at radius 1 is 1.29 bits per heavy atom. The molecule has 1 saturated heterocycles. The first kappa shape index (κ1) is 14.8. The van der Waals surface area contributed by atoms with Gasteiger partial charge in [-0.25, -0.2) is 4.79 Å². The molecule has 1 amide bonds. The van der Waals surface area contributed by atoms with E-state index in [2.05, 4.69) is 0 Å². The smallest absolute Gasteiger partial charge is 0.414 e. The van der Waals surface area contributed by atoms with E-state index in [1.165, 1.54) is 0 Å². The summed E-state index contributed by atoms with van der Waals surface area (Å²) in [6.07, 6.45) is -0.716. The molecule has 1 atom stereocenters. The summed E-state index contributed by atoms with van der Waals surface area (Å²) in [5, 5.41) is 22.1. The number of benzene rings is 1. The number of amides is 1. The van der Waals surface area contributed by atoms with E-state index in [4.69, 9.17) is 4.74 Å². The van der Waals surface area contributed by atoms with E-state index in [9.17, 15) is 24.6 Å². The fourth-order valence-electron chi connectivity index (χ4n) is 2.23. The van der Waals surface area contributed by atoms with Crippen LogP contribution >= 0.6 is 0 Å². The number of cyclic esters (lactones) is 1. The molecule has 0 radical (unpaired) electrons. The number of ether oxygens (including phenoxy) is 1. The lowest BCUT2D eigenvalue weighted by Gasteiger charge is -2.27. The molecule has 0 N–H and O–H groups in total. The highest BCUT2D eigenvalue weighted by atomic mass is 16.6. The number of nitrogens with zero attached hydrogens (tertiary/aromatic N) is 1. The van der Waals surface area contributed by atoms with Crippen molar-refractivity contribution >= 4 is 23.7 Å². The monoisotopic (exact) mass is 291 g/mol. The summed E-state index contributed by atoms with van der Waals surface area (Å²) in [4.78, 5) is 35.2. The highest BCUT2D eigenvalue weighted by molar-refractivity contribution is 6.02. The van der Waals surface area contributed by atoms with Gasteiger partial charge in [-0.2, -0.15) is 0 Å². The van der Waals surface area contributed by atoms with E-state index in [-0.39, 0.29) is 35.4 Å². The SMILES string of the molecule is CC(C)[C@H]1COC(=O)N1c1cc(C(=O)[O-])ccc1C(=O)[O-]. The minimum Gasteiger partial charge on any atom is -0.545 e. The van der Waals surface area contributed by atoms with Crippen molar-refractivity contribution in [2.45, 2.75) is 19.9 Å². The van der Waals surface area contributed by atoms with Crippen molar-refractivity contribution in [1.82, 2.24) is 0 Å². The Morgan fingerprint density at radius 2 is 1.95 bits per heavy atom. The Bertz CT molecular complexity index is 609. The molecule has 7 nitrogen and oxygen atoms in total. The third-order valence-electron chi connectivity index (χ3n) is 3.39. The van der Waals surface area contributed by atoms with Crippen LogP contribution in [0.2, 0.25) is 0 Å². The first-order valence-corrected chi connectivity index (χ1v) is 6.35. The van der Waals surface area contributed by atoms with Crippen LogP contribution in [0.15, 0.2) is 18.2 Å². The van der Waals surface area contributed by atoms with Crippen LogP contribution < -0.4 is 15.1 Å². The van der Waals surface area contributed by atoms with Crippen LogP contribution in [0.5, 0.6) is 0 Å². The van der Waals surface area contributed by atoms with Crippen molar-refractivity contribution in [2.75, 3.05) is 11.5 Å². The van der Waals surface area contributed by atoms with E-state index < -0.39 is 18.0 Å². The molecule has 0 unspecified atom stereocenters. The third kappa shape index (κ3) is 2.67. The molecule has 1 heterocycles. The van der Waals surface area contributed by atoms with Crippen LogP contribution in [-0.2, 0) is 4.74 Å². The molecule has 1 aliphatic rings. The fraction of sp³-hybridized carbons (Fsp3) is 0.357. The summed E-state index contributed by atoms with van der Waals surface area (Å²) in [7, 11) is 0. The molecular weight excluding hydrogens is 278 g/mol. The van der Waals surface area contributed by atoms with Gasteiger partial charge in [0.15, 0.2) is 0 Å². The van der Waals surface area contributed by atoms with Gasteiger partial charge in [-0.1, -0.05) is 26.0 Å². The maximum Gasteiger partial charge on any atom is 0.414 e. The van der Waals surface area contributed by atoms with Crippen molar-refractivity contribution in [3.05, 3.63) is 29.3 Å². The van der Waals surface area contributed by atoms with E-state index in [0.717, 1.165) is 23.1 Å². The summed E-state index contributed by atoms with van der Waals surface area (Å²) in [5.74, 6) is -2.97. The Labute approximate surface area is 120 Å². The Hall–Kier alpha value is -2.57. The van der Waals surface area contributed by atoms with Crippen molar-refractivity contribution in [2.24, 2.45) is 5.92 Å². The zero-order chi connectivity index (χ0) is 15.7. The molecule has 1 aromatic carbocycles. The summed E-state index contributed by atoms with van der Waals surface area (Å²) < 4.78 is 4.94. The lowest BCUT2D eigenvalue weighted by molar-refractivity contribution is -0.256. The minimum atomic E-state index is -1.50. The molecule has 0 bridgehead atoms. The summed E-state index contributed by atoms with van der Waals surface area (Å²) in [6, 6.07) is 2.88. The predicted molar refractivity (Wildman–Crippen MR) is 67.6 cm³/mol. The maximum absolute atomic E-state index is 11.9. The fourth-order valence-corrected chi connectivity index (χ4v) is 2.23. The number of rotatable bonds is 4. The van der Waals surface area contributed by atoms with E-state index >= 15 is 0 Å². The van der Waals surface area contributed by atoms with E-state index in [1.807, 2.05) is 13.8 Å². The summed E-state index contributed by atoms with van der Waals surface area (Å²) >= 11 is 0. The first-order chi connectivity index (χ1) is 9.82. The topological polar surface area (TPSA) is 110 Å². The summed E-state index contributed by atoms with van der Waals surface area (Å²) in [5.41, 5.74) is -0.556. The van der Waals surface area contributed by atoms with Crippen LogP contribution in [0.4, 0.5) is 10.5 Å². The Balaban J connectivity index is 2.58. The van der Waals surface area contributed by atoms with Gasteiger partial charge in [-0.3, -0.25) is 4.90 Å². The summed E-state index contributed by atoms with van der Waals surface area (Å²) in [6.45, 7) is 3.81. The average Bonchev–Trinajstić information content (AvgIpc) is 2.79. The highest BCUT2D eigenvalue weighted by Gasteiger charge is 2.37. The number of hydrogen-bond donors (Lipinski definition) is 0. The Kier molecular flexibility index (Phi) is 3.84. The standard InChI is InChI=1S/C14H15NO6/c1-7(2)11-6-21-14(20)15(11)10-5-8(12(16)17)3-4-9(10)13(18)19/h3-5,7,11H,6H2,1-2H3,(H,16,17)(H,18,19)/p-2/t11-/m1/s1. The normalized spacial score (nSPS) is 18.0. The van der Waals surface area contributed by atoms with Gasteiger partial charge >= 0.3 is 6.09 Å². The number of carbonyl (C=O) groups is 3. The number of anilines is 1. The van der Waals surface area contributed by atoms with Gasteiger partial charge in [-0.15, -0.1) is 0 Å². The molecule has 0 saturated carbocycles. The molecule has 1 aliphatic heterocycles. The largest absolute Gasteiger partial charge is 0.545 e. The zero-order valence-corrected chi connectivity index (χ0v) is 11.5. The van der Waals surface area contributed by atoms with Gasteiger partial charge in [0.1, 0.15) is 6.61 Å². The second-order valence-electron chi connectivity index (χ2n) is 5.07. The van der Waals surface area contributed by atoms with Crippen LogP contribution in [0.1, 0.15) is 34.6 Å². The minimum absolute atomic E-state index is 0.00216. The average molecular weight is 291 g/mol. The molecule has 0 spiro atoms. The van der Waals surface area contributed by atoms with Crippen LogP contribution in [-0.4, -0.2) is 30.7 Å². The predicted octanol–water partition coefficient (Wildman–Crippen LogP) is -0.605. The number of hydrogen-bond acceptors (Lipinski definition) is 6. The van der Waals surface area contributed by atoms with Gasteiger partial charge in [0.2, 0.25) is 0 Å². The van der Waals surface area contributed by atoms with Gasteiger partial charge in [0.25, 0.3) is 0 Å². The van der Waals surface area contributed by atoms with E-state index in [0.29, 0.717) is 0 Å². The molecule has 112 valence electrons. The molecule has 0 aromatic heterocycles. The molecule has 1 fully saturated rings. The van der Waals surface area contributed by atoms with Crippen LogP contribution in [0, 0.1) is 5.92 Å². The second kappa shape index (κ2) is 5.43. The first-order valence-electron chi connectivity index (χ1n) is 6.35. The lowest BCUT2D eigenvalue weighted by Crippen LogP contribution is -2.39. The number of carboxylic acids is 2. The van der Waals surface area contributed by atoms with Crippen molar-refractivity contribution < 1.29 is 29.3 Å². The quantitative estimate of drug-likeness (QED) is 0.732. The molecule has 1 aromatic rings. The van der Waals surface area contributed by atoms with Crippen LogP contribution in [0.3, 0.4) is 0 Å². The van der Waals surface area contributed by atoms with Crippen molar-refractivity contribution in [1.29, 1.82) is 0 Å². The number of aromatic carboxylic acids is 2. The molecule has 21 heavy (non-hydrogen) atoms. The number of carbonyl (C=O) groups excluding carboxylic acids is 3. The molecule has 7 heteroatoms. The number of carboxylic acid groups (broad SMARTS) is 2. The van der Waals surface area contributed by atoms with E-state index in [1.54, 1.807) is 0 Å². The van der Waals surface area contributed by atoms with Crippen molar-refractivity contribution in [3.63, 3.8) is 0 Å². The van der Waals surface area contributed by atoms with Gasteiger partial charge in [-0.05, 0) is 17.5 Å². The van der Waals surface area contributed by atoms with Gasteiger partial charge < -0.3 is 24.5 Å². The van der Waals surface area contributed by atoms with Crippen LogP contribution in [0.25, 0.3) is 0 Å². The Morgan fingerprint density at radius 3 is 2.48 bits per heavy atom. The maximum atomic E-state index is 11.9. The molecular formula is C14H13NO6-2. The second-order valence-corrected chi connectivity index (χ2v) is 5.07. The molecule has 0 aliphatic carbocycles. The highest BCUT2D eigenvalue weighted by Crippen LogP contribution is 2.30. The third-order valence-corrected chi connectivity index (χ3v) is 3.39. The zero-order valence-electron chi connectivity index (χ0n) is 11.5. The van der Waals surface area contributed by atoms with Gasteiger partial charge in [0.05, 0.1) is 23.7 Å². The molecule has 2 rings (SSSR count). The lowest BCUT2D eigenvalue weighted by atomic mass is 10.0. The van der Waals surface area contributed by atoms with Crippen molar-refractivity contribution in [3.8, 4) is 0 Å².